The molecule has 0 aliphatic rings. The Morgan fingerprint density at radius 2 is 1.51 bits per heavy atom. The number of ether oxygens (including phenoxy) is 2. The van der Waals surface area contributed by atoms with Crippen molar-refractivity contribution in [2.24, 2.45) is 0 Å². The molecule has 0 saturated heterocycles. The van der Waals surface area contributed by atoms with Crippen molar-refractivity contribution in [3.05, 3.63) is 81.8 Å². The molecule has 1 N–H and O–H groups in total. The van der Waals surface area contributed by atoms with Gasteiger partial charge in [-0.3, -0.25) is 13.9 Å². The molecule has 0 spiro atoms. The fourth-order valence-corrected chi connectivity index (χ4v) is 6.24. The first-order chi connectivity index (χ1) is 20.3. The molecule has 3 aromatic rings. The van der Waals surface area contributed by atoms with Crippen LogP contribution in [0.15, 0.2) is 70.0 Å². The molecule has 2 atom stereocenters. The summed E-state index contributed by atoms with van der Waals surface area (Å²) in [4.78, 5) is 28.7. The molecule has 9 nitrogen and oxygen atoms in total. The average molecular weight is 675 g/mol. The van der Waals surface area contributed by atoms with Gasteiger partial charge in [-0.2, -0.15) is 0 Å². The molecule has 0 bridgehead atoms. The second-order valence-corrected chi connectivity index (χ2v) is 13.3. The quantitative estimate of drug-likeness (QED) is 0.253. The zero-order valence-corrected chi connectivity index (χ0v) is 28.1. The first kappa shape index (κ1) is 33.9. The fraction of sp³-hybridized carbons (Fsp3) is 0.375. The number of nitrogens with one attached hydrogen (secondary N) is 1. The number of hydrogen-bond acceptors (Lipinski definition) is 6. The molecule has 0 aromatic heterocycles. The highest BCUT2D eigenvalue weighted by molar-refractivity contribution is 9.10. The van der Waals surface area contributed by atoms with Crippen LogP contribution in [0.3, 0.4) is 0 Å². The summed E-state index contributed by atoms with van der Waals surface area (Å²) in [6, 6.07) is 16.1. The van der Waals surface area contributed by atoms with Gasteiger partial charge in [0.05, 0.1) is 24.8 Å². The zero-order chi connectivity index (χ0) is 31.9. The maximum Gasteiger partial charge on any atom is 0.264 e. The maximum atomic E-state index is 14.2. The number of sulfonamides is 1. The second kappa shape index (κ2) is 14.7. The molecule has 3 rings (SSSR count). The van der Waals surface area contributed by atoms with Crippen LogP contribution >= 0.6 is 15.9 Å². The number of amides is 2. The molecule has 0 heterocycles. The van der Waals surface area contributed by atoms with Crippen LogP contribution in [0.25, 0.3) is 0 Å². The van der Waals surface area contributed by atoms with Gasteiger partial charge in [0.15, 0.2) is 11.5 Å². The van der Waals surface area contributed by atoms with E-state index in [1.54, 1.807) is 19.1 Å². The van der Waals surface area contributed by atoms with Gasteiger partial charge in [0, 0.05) is 23.1 Å². The minimum Gasteiger partial charge on any atom is -0.493 e. The number of aryl methyl sites for hydroxylation is 2. The van der Waals surface area contributed by atoms with Gasteiger partial charge < -0.3 is 19.7 Å². The first-order valence-electron chi connectivity index (χ1n) is 14.0. The number of rotatable bonds is 13. The zero-order valence-electron chi connectivity index (χ0n) is 25.7. The number of benzene rings is 3. The largest absolute Gasteiger partial charge is 0.493 e. The third-order valence-electron chi connectivity index (χ3n) is 7.15. The van der Waals surface area contributed by atoms with E-state index in [2.05, 4.69) is 21.2 Å². The van der Waals surface area contributed by atoms with Gasteiger partial charge in [0.2, 0.25) is 11.8 Å². The highest BCUT2D eigenvalue weighted by Crippen LogP contribution is 2.33. The van der Waals surface area contributed by atoms with E-state index < -0.39 is 28.5 Å². The van der Waals surface area contributed by atoms with Crippen LogP contribution in [0.1, 0.15) is 43.9 Å². The number of anilines is 1. The van der Waals surface area contributed by atoms with E-state index in [-0.39, 0.29) is 29.1 Å². The summed E-state index contributed by atoms with van der Waals surface area (Å²) < 4.78 is 41.1. The van der Waals surface area contributed by atoms with E-state index in [0.717, 1.165) is 31.9 Å². The Hall–Kier alpha value is -3.57. The van der Waals surface area contributed by atoms with Gasteiger partial charge >= 0.3 is 0 Å². The topological polar surface area (TPSA) is 105 Å². The first-order valence-corrected chi connectivity index (χ1v) is 16.2. The van der Waals surface area contributed by atoms with Crippen molar-refractivity contribution in [3.8, 4) is 11.5 Å². The van der Waals surface area contributed by atoms with Crippen molar-refractivity contribution in [3.63, 3.8) is 0 Å². The Balaban J connectivity index is 2.10. The monoisotopic (exact) mass is 673 g/mol. The predicted molar refractivity (Wildman–Crippen MR) is 172 cm³/mol. The number of halogens is 1. The lowest BCUT2D eigenvalue weighted by molar-refractivity contribution is -0.139. The van der Waals surface area contributed by atoms with E-state index in [4.69, 9.17) is 9.47 Å². The standard InChI is InChI=1S/C32H40BrN3O6S/c1-8-23(4)34-32(38)24(5)35(19-25-9-11-26(33)12-10-25)31(37)20-36(27-16-21(2)15-22(3)17-27)43(39,40)28-13-14-29(41-6)30(18-28)42-7/h9-18,23-24H,8,19-20H2,1-7H3,(H,34,38)/t23-,24-/m1/s1. The summed E-state index contributed by atoms with van der Waals surface area (Å²) in [5.74, 6) is -0.238. The second-order valence-electron chi connectivity index (χ2n) is 10.5. The van der Waals surface area contributed by atoms with Crippen LogP contribution in [-0.2, 0) is 26.2 Å². The van der Waals surface area contributed by atoms with Gasteiger partial charge in [-0.15, -0.1) is 0 Å². The Kier molecular flexibility index (Phi) is 11.6. The molecule has 0 saturated carbocycles. The van der Waals surface area contributed by atoms with E-state index in [1.165, 1.54) is 37.3 Å². The fourth-order valence-electron chi connectivity index (χ4n) is 4.56. The molecular formula is C32H40BrN3O6S. The van der Waals surface area contributed by atoms with Gasteiger partial charge in [-0.05, 0) is 87.2 Å². The van der Waals surface area contributed by atoms with Crippen LogP contribution in [0.4, 0.5) is 5.69 Å². The number of nitrogens with zero attached hydrogens (tertiary/aromatic N) is 2. The molecule has 0 radical (unpaired) electrons. The molecule has 43 heavy (non-hydrogen) atoms. The van der Waals surface area contributed by atoms with E-state index in [1.807, 2.05) is 58.0 Å². The lowest BCUT2D eigenvalue weighted by Gasteiger charge is -2.32. The summed E-state index contributed by atoms with van der Waals surface area (Å²) in [6.45, 7) is 8.80. The van der Waals surface area contributed by atoms with Crippen molar-refractivity contribution >= 4 is 43.5 Å². The summed E-state index contributed by atoms with van der Waals surface area (Å²) in [5.41, 5.74) is 2.80. The lowest BCUT2D eigenvalue weighted by Crippen LogP contribution is -2.52. The molecule has 232 valence electrons. The number of methoxy groups -OCH3 is 2. The Labute approximate surface area is 263 Å². The van der Waals surface area contributed by atoms with Crippen LogP contribution in [0.2, 0.25) is 0 Å². The molecular weight excluding hydrogens is 634 g/mol. The number of carbonyl (C=O) groups is 2. The summed E-state index contributed by atoms with van der Waals surface area (Å²) in [5, 5.41) is 2.94. The minimum atomic E-state index is -4.28. The Bertz CT molecular complexity index is 1520. The van der Waals surface area contributed by atoms with Gasteiger partial charge in [0.25, 0.3) is 10.0 Å². The van der Waals surface area contributed by atoms with Crippen LogP contribution in [0.5, 0.6) is 11.5 Å². The summed E-state index contributed by atoms with van der Waals surface area (Å²) in [7, 11) is -1.39. The maximum absolute atomic E-state index is 14.2. The van der Waals surface area contributed by atoms with E-state index >= 15 is 0 Å². The molecule has 0 fully saturated rings. The molecule has 2 amide bonds. The summed E-state index contributed by atoms with van der Waals surface area (Å²) >= 11 is 3.43. The van der Waals surface area contributed by atoms with Crippen molar-refractivity contribution < 1.29 is 27.5 Å². The van der Waals surface area contributed by atoms with E-state index in [0.29, 0.717) is 11.4 Å². The molecule has 3 aromatic carbocycles. The predicted octanol–water partition coefficient (Wildman–Crippen LogP) is 5.61. The third kappa shape index (κ3) is 8.51. The van der Waals surface area contributed by atoms with E-state index in [9.17, 15) is 18.0 Å². The van der Waals surface area contributed by atoms with Crippen LogP contribution in [-0.4, -0.2) is 58.0 Å². The normalized spacial score (nSPS) is 12.7. The van der Waals surface area contributed by atoms with Gasteiger partial charge in [-0.25, -0.2) is 8.42 Å². The van der Waals surface area contributed by atoms with Crippen molar-refractivity contribution in [1.82, 2.24) is 10.2 Å². The number of hydrogen-bond donors (Lipinski definition) is 1. The van der Waals surface area contributed by atoms with Crippen molar-refractivity contribution in [2.75, 3.05) is 25.1 Å². The SMILES string of the molecule is CC[C@@H](C)NC(=O)[C@@H](C)N(Cc1ccc(Br)cc1)C(=O)CN(c1cc(C)cc(C)c1)S(=O)(=O)c1ccc(OC)c(OC)c1. The third-order valence-corrected chi connectivity index (χ3v) is 9.45. The Morgan fingerprint density at radius 3 is 2.07 bits per heavy atom. The van der Waals surface area contributed by atoms with Gasteiger partial charge in [0.1, 0.15) is 12.6 Å². The minimum absolute atomic E-state index is 0.0702. The molecule has 0 aliphatic heterocycles. The smallest absolute Gasteiger partial charge is 0.264 e. The van der Waals surface area contributed by atoms with Crippen molar-refractivity contribution in [1.29, 1.82) is 0 Å². The molecule has 0 unspecified atom stereocenters. The van der Waals surface area contributed by atoms with Crippen LogP contribution in [0, 0.1) is 13.8 Å². The summed E-state index contributed by atoms with van der Waals surface area (Å²) in [6.07, 6.45) is 0.725. The number of carbonyl (C=O) groups excluding carboxylic acids is 2. The lowest BCUT2D eigenvalue weighted by atomic mass is 10.1. The molecule has 11 heteroatoms. The Morgan fingerprint density at radius 1 is 0.907 bits per heavy atom. The van der Waals surface area contributed by atoms with Crippen molar-refractivity contribution in [2.45, 2.75) is 64.6 Å². The highest BCUT2D eigenvalue weighted by Gasteiger charge is 2.33. The van der Waals surface area contributed by atoms with Crippen LogP contribution < -0.4 is 19.1 Å². The van der Waals surface area contributed by atoms with Gasteiger partial charge in [-0.1, -0.05) is 41.1 Å². The highest BCUT2D eigenvalue weighted by atomic mass is 79.9. The average Bonchev–Trinajstić information content (AvgIpc) is 2.97. The molecule has 0 aliphatic carbocycles.